The van der Waals surface area contributed by atoms with E-state index in [-0.39, 0.29) is 49.3 Å². The molecule has 2 unspecified atom stereocenters. The number of aromatic hydroxyl groups is 3. The molecule has 1 aliphatic carbocycles. The number of fused-ring (bicyclic) bond motifs is 6. The minimum atomic E-state index is -2.58. The molecular formula is C64H52Br2I3N3O4Se3Si3. The third kappa shape index (κ3) is 10.9. The average Bonchev–Trinajstić information content (AvgIpc) is 1.73. The number of aliphatic imine (C=N–C) groups is 1. The van der Waals surface area contributed by atoms with Gasteiger partial charge < -0.3 is 0 Å². The molecule has 0 spiro atoms. The van der Waals surface area contributed by atoms with E-state index in [1.165, 1.54) is 72.2 Å². The number of phenols is 3. The van der Waals surface area contributed by atoms with Crippen LogP contribution in [0.2, 0.25) is 32.2 Å². The Kier molecular flexibility index (Phi) is 17.5. The van der Waals surface area contributed by atoms with Crippen LogP contribution in [0, 0.1) is 17.6 Å². The SMILES string of the molecule is C=c1ccc2c(c1-c1[se]c(Br)cc1I)[Si](C)(C)c1cc(O)ccc1N=2.C=c1ccc2c(c1-c1[se]c(Br)cc1I)[Si](C)(CCC)c1cc(O)ccc1N=2.Cc1cc(I)c(-c2c(O)ccc3c2[Si](C)(c2ccccc2)C2=CC(=O)C=CC2=N3)[se]1. The van der Waals surface area contributed by atoms with Crippen LogP contribution >= 0.6 is 99.6 Å². The number of carbonyl (C=O) groups excluding carboxylic acids is 1. The molecule has 13 rings (SSSR count). The van der Waals surface area contributed by atoms with E-state index >= 15 is 0 Å². The van der Waals surface area contributed by atoms with Crippen LogP contribution in [0.3, 0.4) is 0 Å². The van der Waals surface area contributed by atoms with Crippen molar-refractivity contribution < 1.29 is 20.1 Å². The van der Waals surface area contributed by atoms with Crippen molar-refractivity contribution in [2.45, 2.75) is 52.5 Å². The van der Waals surface area contributed by atoms with Gasteiger partial charge in [-0.15, -0.1) is 0 Å². The molecule has 0 saturated heterocycles. The van der Waals surface area contributed by atoms with Crippen molar-refractivity contribution in [1.29, 1.82) is 0 Å². The van der Waals surface area contributed by atoms with Gasteiger partial charge in [0.1, 0.15) is 0 Å². The maximum atomic E-state index is 12.4. The first-order valence-electron chi connectivity index (χ1n) is 26.2. The molecule has 0 radical (unpaired) electrons. The molecule has 9 aromatic rings. The van der Waals surface area contributed by atoms with E-state index in [4.69, 9.17) is 15.0 Å². The molecule has 3 aromatic heterocycles. The average molecular weight is 1790 g/mol. The quantitative estimate of drug-likeness (QED) is 0.0874. The van der Waals surface area contributed by atoms with Gasteiger partial charge in [-0.05, 0) is 0 Å². The summed E-state index contributed by atoms with van der Waals surface area (Å²) >= 11 is 15.3. The Morgan fingerprint density at radius 1 is 0.585 bits per heavy atom. The number of allylic oxidation sites excluding steroid dienone is 4. The molecule has 0 saturated carbocycles. The number of phenolic OH excluding ortho intramolecular Hbond substituents is 3. The Morgan fingerprint density at radius 3 is 1.68 bits per heavy atom. The van der Waals surface area contributed by atoms with Gasteiger partial charge in [-0.1, -0.05) is 0 Å². The molecule has 6 heterocycles. The molecule has 0 fully saturated rings. The molecule has 0 amide bonds. The van der Waals surface area contributed by atoms with Crippen molar-refractivity contribution in [3.05, 3.63) is 188 Å². The summed E-state index contributed by atoms with van der Waals surface area (Å²) in [5.74, 6) is 0.945. The molecule has 6 aromatic carbocycles. The van der Waals surface area contributed by atoms with Gasteiger partial charge in [0, 0.05) is 0 Å². The third-order valence-corrected chi connectivity index (χ3v) is 41.8. The molecular weight excluding hydrogens is 1740 g/mol. The molecule has 4 aliphatic rings. The zero-order chi connectivity index (χ0) is 58.3. The van der Waals surface area contributed by atoms with Crippen LogP contribution < -0.4 is 52.3 Å². The molecule has 3 N–H and O–H groups in total. The molecule has 412 valence electrons. The number of benzene rings is 6. The van der Waals surface area contributed by atoms with Crippen molar-refractivity contribution >= 4 is 240 Å². The summed E-state index contributed by atoms with van der Waals surface area (Å²) in [4.78, 5) is 27.2. The van der Waals surface area contributed by atoms with Gasteiger partial charge in [-0.2, -0.15) is 0 Å². The summed E-state index contributed by atoms with van der Waals surface area (Å²) < 4.78 is 11.7. The van der Waals surface area contributed by atoms with Crippen molar-refractivity contribution in [2.24, 2.45) is 15.0 Å². The molecule has 2 atom stereocenters. The number of hydrogen-bond acceptors (Lipinski definition) is 7. The standard InChI is InChI=1S/C24H18INO2SeSi.C21H19BrINOSeSi.C19H15BrINOSeSi/c1-14-12-17(25)23(29-14)22-20(28)11-10-19-24(22)30(2,16-6-4-3-5-7-16)21-13-15(27)8-9-18(21)26-19;1-4-9-27(3)17-10-13(25)6-8-15(17)24-16-7-5-12(2)19(21(16)27)20-14(23)11-18(22)26-20;1-10-4-6-14-19(17(10)18-12(21)9-16(20)24-18)25(2,3)15-8-11(23)5-7-13(15)22-14/h3-13,28H,1-2H3;5-8,10-11,25H,2,4,9H2,1,3H3;4-9,23H,1H2,2-3H3. The molecule has 7 nitrogen and oxygen atoms in total. The van der Waals surface area contributed by atoms with E-state index < -0.39 is 24.2 Å². The Hall–Kier alpha value is -3.32. The Morgan fingerprint density at radius 2 is 1.12 bits per heavy atom. The Labute approximate surface area is 555 Å². The fourth-order valence-corrected chi connectivity index (χ4v) is 38.3. The second-order valence-electron chi connectivity index (χ2n) is 21.4. The Bertz CT molecular complexity index is 4520. The molecule has 0 bridgehead atoms. The molecule has 18 heteroatoms. The topological polar surface area (TPSA) is 115 Å². The number of hydrogen-bond donors (Lipinski definition) is 3. The first-order valence-corrected chi connectivity index (χ1v) is 44.4. The summed E-state index contributed by atoms with van der Waals surface area (Å²) in [6.45, 7) is 22.5. The normalized spacial score (nSPS) is 17.6. The van der Waals surface area contributed by atoms with E-state index in [2.05, 4.69) is 220 Å². The van der Waals surface area contributed by atoms with E-state index in [9.17, 15) is 20.1 Å². The van der Waals surface area contributed by atoms with Gasteiger partial charge >= 0.3 is 563 Å². The van der Waals surface area contributed by atoms with Crippen molar-refractivity contribution in [2.75, 3.05) is 0 Å². The van der Waals surface area contributed by atoms with Gasteiger partial charge in [-0.25, -0.2) is 0 Å². The summed E-state index contributed by atoms with van der Waals surface area (Å²) in [6, 6.07) is 41.6. The minimum absolute atomic E-state index is 0.000140. The number of halogens is 5. The summed E-state index contributed by atoms with van der Waals surface area (Å²) in [6.07, 6.45) is 6.31. The summed E-state index contributed by atoms with van der Waals surface area (Å²) in [7, 11) is -6.67. The van der Waals surface area contributed by atoms with Gasteiger partial charge in [0.2, 0.25) is 0 Å². The second kappa shape index (κ2) is 23.7. The second-order valence-corrected chi connectivity index (χ2v) is 48.4. The van der Waals surface area contributed by atoms with Crippen LogP contribution in [0.15, 0.2) is 166 Å². The molecule has 3 aliphatic heterocycles. The predicted molar refractivity (Wildman–Crippen MR) is 384 cm³/mol. The van der Waals surface area contributed by atoms with Crippen LogP contribution in [-0.4, -0.2) is 94.5 Å². The monoisotopic (exact) mass is 1790 g/mol. The van der Waals surface area contributed by atoms with Crippen molar-refractivity contribution in [3.63, 3.8) is 0 Å². The fraction of sp³-hybridized carbons (Fsp3) is 0.125. The van der Waals surface area contributed by atoms with Crippen molar-refractivity contribution in [1.82, 2.24) is 0 Å². The van der Waals surface area contributed by atoms with Gasteiger partial charge in [0.15, 0.2) is 0 Å². The third-order valence-electron chi connectivity index (χ3n) is 15.7. The predicted octanol–water partition coefficient (Wildman–Crippen LogP) is 10.7. The zero-order valence-corrected chi connectivity index (χ0v) is 63.1. The number of ketones is 1. The fourth-order valence-electron chi connectivity index (χ4n) is 12.1. The number of rotatable bonds is 6. The first-order chi connectivity index (χ1) is 39.0. The van der Waals surface area contributed by atoms with Gasteiger partial charge in [-0.3, -0.25) is 0 Å². The zero-order valence-electron chi connectivity index (χ0n) is 45.3. The van der Waals surface area contributed by atoms with Crippen molar-refractivity contribution in [3.8, 4) is 47.3 Å². The summed E-state index contributed by atoms with van der Waals surface area (Å²) in [5.41, 5.74) is 7.30. The van der Waals surface area contributed by atoms with Crippen LogP contribution in [-0.2, 0) is 4.79 Å². The number of nitrogens with zero attached hydrogens (tertiary/aromatic N) is 3. The molecule has 82 heavy (non-hydrogen) atoms. The van der Waals surface area contributed by atoms with E-state index in [0.29, 0.717) is 17.2 Å². The maximum absolute atomic E-state index is 12.4. The van der Waals surface area contributed by atoms with Crippen LogP contribution in [0.1, 0.15) is 17.8 Å². The van der Waals surface area contributed by atoms with E-state index in [1.807, 2.05) is 42.5 Å². The Balaban J connectivity index is 0.000000130. The van der Waals surface area contributed by atoms with E-state index in [0.717, 1.165) is 72.3 Å². The van der Waals surface area contributed by atoms with Crippen LogP contribution in [0.4, 0.5) is 17.1 Å². The van der Waals surface area contributed by atoms with Crippen LogP contribution in [0.5, 0.6) is 17.2 Å². The van der Waals surface area contributed by atoms with Crippen LogP contribution in [0.25, 0.3) is 43.2 Å². The van der Waals surface area contributed by atoms with Gasteiger partial charge in [0.25, 0.3) is 0 Å². The van der Waals surface area contributed by atoms with Gasteiger partial charge in [0.05, 0.1) is 0 Å². The number of aryl methyl sites for hydroxylation is 1. The van der Waals surface area contributed by atoms with E-state index in [1.54, 1.807) is 30.4 Å². The number of carbonyl (C=O) groups is 1. The first kappa shape index (κ1) is 60.4. The summed E-state index contributed by atoms with van der Waals surface area (Å²) in [5, 5.41) is 44.1.